The highest BCUT2D eigenvalue weighted by Gasteiger charge is 2.27. The summed E-state index contributed by atoms with van der Waals surface area (Å²) in [6.07, 6.45) is 1.06. The molecule has 0 spiro atoms. The molecule has 2 amide bonds. The number of hydrogen-bond donors (Lipinski definition) is 2. The van der Waals surface area contributed by atoms with E-state index in [9.17, 15) is 19.2 Å². The minimum atomic E-state index is -0.884. The van der Waals surface area contributed by atoms with Gasteiger partial charge in [-0.2, -0.15) is 0 Å². The summed E-state index contributed by atoms with van der Waals surface area (Å²) in [5.41, 5.74) is 4.34. The van der Waals surface area contributed by atoms with Gasteiger partial charge >= 0.3 is 5.69 Å². The molecule has 1 aromatic carbocycles. The SMILES string of the molecule is Cn1c(=O)c2c(ncn2CCCC(=O)NNC(=O)C2COc3ccccc3O2)n(C)c1=O. The maximum absolute atomic E-state index is 12.4. The summed E-state index contributed by atoms with van der Waals surface area (Å²) < 4.78 is 15.0. The molecule has 0 aliphatic carbocycles. The van der Waals surface area contributed by atoms with Crippen molar-refractivity contribution in [2.24, 2.45) is 14.1 Å². The van der Waals surface area contributed by atoms with Crippen molar-refractivity contribution >= 4 is 23.0 Å². The summed E-state index contributed by atoms with van der Waals surface area (Å²) in [5, 5.41) is 0. The maximum Gasteiger partial charge on any atom is 0.332 e. The van der Waals surface area contributed by atoms with Crippen molar-refractivity contribution in [3.8, 4) is 11.5 Å². The Balaban J connectivity index is 1.29. The van der Waals surface area contributed by atoms with Gasteiger partial charge in [-0.1, -0.05) is 12.1 Å². The Kier molecular flexibility index (Phi) is 5.67. The Morgan fingerprint density at radius 3 is 2.66 bits per heavy atom. The van der Waals surface area contributed by atoms with Crippen LogP contribution in [0.2, 0.25) is 0 Å². The molecule has 1 aliphatic rings. The minimum Gasteiger partial charge on any atom is -0.485 e. The van der Waals surface area contributed by atoms with Crippen molar-refractivity contribution < 1.29 is 19.1 Å². The lowest BCUT2D eigenvalue weighted by Crippen LogP contribution is -2.50. The summed E-state index contributed by atoms with van der Waals surface area (Å²) in [6, 6.07) is 7.00. The fraction of sp³-hybridized carbons (Fsp3) is 0.350. The molecule has 32 heavy (non-hydrogen) atoms. The lowest BCUT2D eigenvalue weighted by molar-refractivity contribution is -0.135. The van der Waals surface area contributed by atoms with Crippen molar-refractivity contribution in [2.75, 3.05) is 6.61 Å². The number of rotatable bonds is 5. The van der Waals surface area contributed by atoms with Crippen LogP contribution >= 0.6 is 0 Å². The molecular weight excluding hydrogens is 420 g/mol. The Hall–Kier alpha value is -4.09. The number of aromatic nitrogens is 4. The Bertz CT molecular complexity index is 1310. The van der Waals surface area contributed by atoms with Gasteiger partial charge in [-0.05, 0) is 18.6 Å². The monoisotopic (exact) mass is 442 g/mol. The van der Waals surface area contributed by atoms with Gasteiger partial charge in [0, 0.05) is 27.1 Å². The van der Waals surface area contributed by atoms with Crippen molar-refractivity contribution in [1.29, 1.82) is 0 Å². The first-order valence-corrected chi connectivity index (χ1v) is 9.95. The number of fused-ring (bicyclic) bond motifs is 2. The molecule has 2 aromatic heterocycles. The minimum absolute atomic E-state index is 0.0316. The van der Waals surface area contributed by atoms with Gasteiger partial charge in [0.1, 0.15) is 6.61 Å². The van der Waals surface area contributed by atoms with Gasteiger partial charge in [-0.15, -0.1) is 0 Å². The average molecular weight is 442 g/mol. The molecule has 12 nitrogen and oxygen atoms in total. The van der Waals surface area contributed by atoms with Crippen LogP contribution in [0.1, 0.15) is 12.8 Å². The number of hydrazine groups is 1. The number of imidazole rings is 1. The van der Waals surface area contributed by atoms with E-state index in [2.05, 4.69) is 15.8 Å². The number of para-hydroxylation sites is 2. The van der Waals surface area contributed by atoms with E-state index in [4.69, 9.17) is 9.47 Å². The molecule has 1 atom stereocenters. The van der Waals surface area contributed by atoms with Gasteiger partial charge in [0.05, 0.1) is 6.33 Å². The molecular formula is C20H22N6O6. The molecule has 0 radical (unpaired) electrons. The van der Waals surface area contributed by atoms with Crippen LogP contribution in [-0.2, 0) is 30.2 Å². The van der Waals surface area contributed by atoms with Crippen LogP contribution in [0.25, 0.3) is 11.2 Å². The molecule has 3 aromatic rings. The zero-order chi connectivity index (χ0) is 22.8. The summed E-state index contributed by atoms with van der Waals surface area (Å²) in [7, 11) is 2.94. The zero-order valence-corrected chi connectivity index (χ0v) is 17.5. The molecule has 0 saturated heterocycles. The third kappa shape index (κ3) is 3.94. The summed E-state index contributed by atoms with van der Waals surface area (Å²) in [5.74, 6) is 0.0852. The molecule has 0 fully saturated rings. The molecule has 4 rings (SSSR count). The first-order chi connectivity index (χ1) is 15.4. The van der Waals surface area contributed by atoms with Crippen molar-refractivity contribution in [3.63, 3.8) is 0 Å². The van der Waals surface area contributed by atoms with Crippen molar-refractivity contribution in [3.05, 3.63) is 51.4 Å². The predicted molar refractivity (Wildman–Crippen MR) is 112 cm³/mol. The number of nitrogens with one attached hydrogen (secondary N) is 2. The number of aryl methyl sites for hydroxylation is 2. The number of carbonyl (C=O) groups is 2. The van der Waals surface area contributed by atoms with Gasteiger partial charge in [-0.25, -0.2) is 9.78 Å². The van der Waals surface area contributed by atoms with Gasteiger partial charge in [0.15, 0.2) is 22.7 Å². The van der Waals surface area contributed by atoms with Crippen LogP contribution in [0.5, 0.6) is 11.5 Å². The van der Waals surface area contributed by atoms with Gasteiger partial charge < -0.3 is 14.0 Å². The lowest BCUT2D eigenvalue weighted by atomic mass is 10.2. The first kappa shape index (κ1) is 21.2. The van der Waals surface area contributed by atoms with Crippen LogP contribution in [0, 0.1) is 0 Å². The number of ether oxygens (including phenoxy) is 2. The van der Waals surface area contributed by atoms with E-state index in [1.165, 1.54) is 25.0 Å². The summed E-state index contributed by atoms with van der Waals surface area (Å²) in [6.45, 7) is 0.367. The summed E-state index contributed by atoms with van der Waals surface area (Å²) >= 11 is 0. The van der Waals surface area contributed by atoms with Crippen molar-refractivity contribution in [2.45, 2.75) is 25.5 Å². The predicted octanol–water partition coefficient (Wildman–Crippen LogP) is -0.799. The van der Waals surface area contributed by atoms with Crippen LogP contribution in [-0.4, -0.2) is 43.2 Å². The van der Waals surface area contributed by atoms with E-state index in [1.54, 1.807) is 28.8 Å². The van der Waals surface area contributed by atoms with Crippen LogP contribution in [0.3, 0.4) is 0 Å². The standard InChI is InChI=1S/C20H22N6O6/c1-24-17-16(19(29)25(2)20(24)30)26(11-21-17)9-5-8-15(27)22-23-18(28)14-10-31-12-6-3-4-7-13(12)32-14/h3-4,6-7,11,14H,5,8-10H2,1-2H3,(H,22,27)(H,23,28). The number of nitrogens with zero attached hydrogens (tertiary/aromatic N) is 4. The molecule has 0 saturated carbocycles. The fourth-order valence-corrected chi connectivity index (χ4v) is 3.40. The van der Waals surface area contributed by atoms with Gasteiger partial charge in [0.25, 0.3) is 11.5 Å². The number of benzene rings is 1. The van der Waals surface area contributed by atoms with Crippen LogP contribution in [0.4, 0.5) is 0 Å². The Morgan fingerprint density at radius 1 is 1.12 bits per heavy atom. The quantitative estimate of drug-likeness (QED) is 0.494. The molecule has 0 bridgehead atoms. The van der Waals surface area contributed by atoms with E-state index < -0.39 is 29.2 Å². The van der Waals surface area contributed by atoms with Crippen LogP contribution in [0.15, 0.2) is 40.2 Å². The Morgan fingerprint density at radius 2 is 1.88 bits per heavy atom. The normalized spacial score (nSPS) is 14.9. The van der Waals surface area contributed by atoms with E-state index in [1.807, 2.05) is 0 Å². The largest absolute Gasteiger partial charge is 0.485 e. The highest BCUT2D eigenvalue weighted by Crippen LogP contribution is 2.30. The third-order valence-corrected chi connectivity index (χ3v) is 5.15. The van der Waals surface area contributed by atoms with Gasteiger partial charge in [-0.3, -0.25) is 34.4 Å². The first-order valence-electron chi connectivity index (χ1n) is 9.95. The second-order valence-corrected chi connectivity index (χ2v) is 7.32. The fourth-order valence-electron chi connectivity index (χ4n) is 3.40. The highest BCUT2D eigenvalue weighted by atomic mass is 16.6. The van der Waals surface area contributed by atoms with Crippen molar-refractivity contribution in [1.82, 2.24) is 29.5 Å². The summed E-state index contributed by atoms with van der Waals surface area (Å²) in [4.78, 5) is 52.9. The van der Waals surface area contributed by atoms with E-state index in [0.717, 1.165) is 4.57 Å². The second kappa shape index (κ2) is 8.57. The lowest BCUT2D eigenvalue weighted by Gasteiger charge is -2.25. The van der Waals surface area contributed by atoms with Crippen LogP contribution < -0.4 is 31.6 Å². The smallest absolute Gasteiger partial charge is 0.332 e. The number of hydrogen-bond acceptors (Lipinski definition) is 7. The highest BCUT2D eigenvalue weighted by molar-refractivity contribution is 5.85. The zero-order valence-electron chi connectivity index (χ0n) is 17.5. The molecule has 168 valence electrons. The van der Waals surface area contributed by atoms with E-state index in [-0.39, 0.29) is 24.2 Å². The number of carbonyl (C=O) groups excluding carboxylic acids is 2. The second-order valence-electron chi connectivity index (χ2n) is 7.32. The molecule has 2 N–H and O–H groups in total. The molecule has 3 heterocycles. The molecule has 12 heteroatoms. The van der Waals surface area contributed by atoms with E-state index in [0.29, 0.717) is 24.5 Å². The Labute approximate surface area is 181 Å². The third-order valence-electron chi connectivity index (χ3n) is 5.15. The molecule has 1 unspecified atom stereocenters. The number of amides is 2. The topological polar surface area (TPSA) is 138 Å². The molecule has 1 aliphatic heterocycles. The van der Waals surface area contributed by atoms with E-state index >= 15 is 0 Å². The average Bonchev–Trinajstić information content (AvgIpc) is 3.23. The maximum atomic E-state index is 12.4. The van der Waals surface area contributed by atoms with Gasteiger partial charge in [0.2, 0.25) is 12.0 Å².